The van der Waals surface area contributed by atoms with Gasteiger partial charge in [-0.05, 0) is 13.0 Å². The van der Waals surface area contributed by atoms with Crippen molar-refractivity contribution in [1.29, 1.82) is 0 Å². The summed E-state index contributed by atoms with van der Waals surface area (Å²) in [6.07, 6.45) is 3.53. The smallest absolute Gasteiger partial charge is 0.248 e. The normalized spacial score (nSPS) is 36.3. The highest BCUT2D eigenvalue weighted by atomic mass is 16.5. The molecule has 3 rings (SSSR count). The Bertz CT molecular complexity index is 582. The Morgan fingerprint density at radius 2 is 2.61 bits per heavy atom. The van der Waals surface area contributed by atoms with Crippen molar-refractivity contribution in [2.24, 2.45) is 4.99 Å². The minimum Gasteiger partial charge on any atom is -0.382 e. The highest BCUT2D eigenvalue weighted by Crippen LogP contribution is 2.24. The average Bonchev–Trinajstić information content (AvgIpc) is 2.86. The van der Waals surface area contributed by atoms with Crippen molar-refractivity contribution in [2.75, 3.05) is 20.2 Å². The van der Waals surface area contributed by atoms with Crippen LogP contribution in [-0.2, 0) is 9.53 Å². The van der Waals surface area contributed by atoms with Gasteiger partial charge in [0.15, 0.2) is 0 Å². The van der Waals surface area contributed by atoms with Gasteiger partial charge in [0.25, 0.3) is 0 Å². The summed E-state index contributed by atoms with van der Waals surface area (Å²) in [6, 6.07) is -0.185. The zero-order valence-corrected chi connectivity index (χ0v) is 9.91. The van der Waals surface area contributed by atoms with Crippen LogP contribution in [0.3, 0.4) is 0 Å². The van der Waals surface area contributed by atoms with Crippen LogP contribution in [-0.4, -0.2) is 43.5 Å². The fourth-order valence-corrected chi connectivity index (χ4v) is 2.38. The van der Waals surface area contributed by atoms with Gasteiger partial charge in [-0.2, -0.15) is 0 Å². The topological polar surface area (TPSA) is 74.8 Å². The molecule has 1 saturated heterocycles. The second kappa shape index (κ2) is 3.84. The molecule has 2 unspecified atom stereocenters. The number of amidine groups is 1. The number of fused-ring (bicyclic) bond motifs is 2. The van der Waals surface area contributed by atoms with E-state index in [0.29, 0.717) is 6.54 Å². The molecule has 2 atom stereocenters. The molecule has 0 spiro atoms. The molecule has 18 heavy (non-hydrogen) atoms. The summed E-state index contributed by atoms with van der Waals surface area (Å²) in [7, 11) is -2.53. The predicted molar refractivity (Wildman–Crippen MR) is 67.0 cm³/mol. The van der Waals surface area contributed by atoms with Crippen molar-refractivity contribution in [1.82, 2.24) is 16.0 Å². The lowest BCUT2D eigenvalue weighted by Crippen LogP contribution is -2.69. The first-order valence-corrected chi connectivity index (χ1v) is 5.74. The Balaban J connectivity index is 1.86. The number of aliphatic imine (C=N–C) groups is 1. The van der Waals surface area contributed by atoms with Crippen LogP contribution in [0.1, 0.15) is 11.0 Å². The molecule has 0 bridgehead atoms. The second-order valence-corrected chi connectivity index (χ2v) is 4.77. The summed E-state index contributed by atoms with van der Waals surface area (Å²) in [5.41, 5.74) is 0.579. The predicted octanol–water partition coefficient (Wildman–Crippen LogP) is -0.737. The van der Waals surface area contributed by atoms with Gasteiger partial charge < -0.3 is 20.7 Å². The lowest BCUT2D eigenvalue weighted by atomic mass is 9.92. The van der Waals surface area contributed by atoms with E-state index in [4.69, 9.17) is 8.85 Å². The summed E-state index contributed by atoms with van der Waals surface area (Å²) < 4.78 is 26.1. The number of carbonyl (C=O) groups is 1. The zero-order valence-electron chi connectivity index (χ0n) is 12.9. The highest BCUT2D eigenvalue weighted by Gasteiger charge is 2.43. The molecule has 0 aliphatic carbocycles. The molecule has 3 aliphatic rings. The molecule has 3 N–H and O–H groups in total. The standard InChI is InChI=1S/C12H16N4O2/c1-12(6-18-2)11(17)15-8-5-14-10-7(3-4-13-10)9(8)16-12/h3-4,8,16H,5-6H2,1-2H3,(H,13,14)(H,15,17)/i2D3. The fraction of sp³-hybridized carbons (Fsp3) is 0.500. The number of nitrogens with zero attached hydrogens (tertiary/aromatic N) is 1. The highest BCUT2D eigenvalue weighted by molar-refractivity contribution is 6.05. The Labute approximate surface area is 109 Å². The molecule has 0 aromatic carbocycles. The van der Waals surface area contributed by atoms with E-state index in [9.17, 15) is 4.79 Å². The third-order valence-electron chi connectivity index (χ3n) is 3.39. The van der Waals surface area contributed by atoms with Crippen LogP contribution < -0.4 is 16.0 Å². The minimum atomic E-state index is -2.53. The Kier molecular flexibility index (Phi) is 1.77. The van der Waals surface area contributed by atoms with Crippen molar-refractivity contribution in [3.8, 4) is 0 Å². The van der Waals surface area contributed by atoms with E-state index in [1.165, 1.54) is 0 Å². The monoisotopic (exact) mass is 251 g/mol. The van der Waals surface area contributed by atoms with E-state index < -0.39 is 12.6 Å². The maximum absolute atomic E-state index is 12.2. The maximum Gasteiger partial charge on any atom is 0.248 e. The molecule has 3 aliphatic heterocycles. The van der Waals surface area contributed by atoms with Crippen LogP contribution in [0.15, 0.2) is 28.5 Å². The summed E-state index contributed by atoms with van der Waals surface area (Å²) in [5, 5.41) is 9.17. The lowest BCUT2D eigenvalue weighted by molar-refractivity contribution is -0.131. The third kappa shape index (κ3) is 1.53. The van der Waals surface area contributed by atoms with Gasteiger partial charge in [-0.3, -0.25) is 4.79 Å². The molecule has 1 amide bonds. The molecule has 6 heteroatoms. The minimum absolute atomic E-state index is 0.185. The van der Waals surface area contributed by atoms with E-state index in [2.05, 4.69) is 20.9 Å². The van der Waals surface area contributed by atoms with Gasteiger partial charge in [-0.1, -0.05) is 0 Å². The number of hydrogen-bond donors (Lipinski definition) is 3. The van der Waals surface area contributed by atoms with Crippen LogP contribution in [0.4, 0.5) is 0 Å². The van der Waals surface area contributed by atoms with Crippen LogP contribution in [0.2, 0.25) is 0 Å². The largest absolute Gasteiger partial charge is 0.382 e. The number of methoxy groups -OCH3 is 1. The lowest BCUT2D eigenvalue weighted by Gasteiger charge is -2.42. The molecule has 0 aromatic rings. The Morgan fingerprint density at radius 1 is 1.72 bits per heavy atom. The number of carbonyl (C=O) groups excluding carboxylic acids is 1. The summed E-state index contributed by atoms with van der Waals surface area (Å²) in [6.45, 7) is 1.91. The quantitative estimate of drug-likeness (QED) is 0.604. The van der Waals surface area contributed by atoms with Gasteiger partial charge in [-0.25, -0.2) is 4.99 Å². The number of hydrogen-bond acceptors (Lipinski definition) is 5. The van der Waals surface area contributed by atoms with Crippen molar-refractivity contribution >= 4 is 11.7 Å². The van der Waals surface area contributed by atoms with Crippen LogP contribution in [0.25, 0.3) is 0 Å². The van der Waals surface area contributed by atoms with Crippen molar-refractivity contribution < 1.29 is 13.6 Å². The number of piperazine rings is 1. The molecule has 0 aromatic heterocycles. The molecular weight excluding hydrogens is 232 g/mol. The van der Waals surface area contributed by atoms with Gasteiger partial charge >= 0.3 is 0 Å². The maximum atomic E-state index is 12.2. The van der Waals surface area contributed by atoms with Crippen molar-refractivity contribution in [3.05, 3.63) is 23.5 Å². The summed E-state index contributed by atoms with van der Waals surface area (Å²) in [4.78, 5) is 16.4. The molecule has 1 fully saturated rings. The van der Waals surface area contributed by atoms with E-state index in [0.717, 1.165) is 17.1 Å². The van der Waals surface area contributed by atoms with Crippen molar-refractivity contribution in [3.63, 3.8) is 0 Å². The van der Waals surface area contributed by atoms with Crippen LogP contribution >= 0.6 is 0 Å². The fourth-order valence-electron chi connectivity index (χ4n) is 2.38. The molecular formula is C12H16N4O2. The zero-order chi connectivity index (χ0) is 15.3. The van der Waals surface area contributed by atoms with Crippen LogP contribution in [0.5, 0.6) is 0 Å². The van der Waals surface area contributed by atoms with Gasteiger partial charge in [0, 0.05) is 31.1 Å². The average molecular weight is 251 g/mol. The first-order valence-electron chi connectivity index (χ1n) is 7.24. The number of rotatable bonds is 2. The third-order valence-corrected chi connectivity index (χ3v) is 3.39. The van der Waals surface area contributed by atoms with Gasteiger partial charge in [0.2, 0.25) is 5.91 Å². The van der Waals surface area contributed by atoms with E-state index in [-0.39, 0.29) is 18.6 Å². The second-order valence-electron chi connectivity index (χ2n) is 4.77. The van der Waals surface area contributed by atoms with Gasteiger partial charge in [-0.15, -0.1) is 0 Å². The molecule has 0 saturated carbocycles. The molecule has 0 radical (unpaired) electrons. The number of amides is 1. The number of nitrogens with one attached hydrogen (secondary N) is 3. The van der Waals surface area contributed by atoms with E-state index in [1.807, 2.05) is 6.08 Å². The van der Waals surface area contributed by atoms with E-state index >= 15 is 0 Å². The van der Waals surface area contributed by atoms with E-state index in [1.54, 1.807) is 13.1 Å². The first-order chi connectivity index (χ1) is 9.78. The Hall–Kier alpha value is -1.82. The van der Waals surface area contributed by atoms with Crippen molar-refractivity contribution in [2.45, 2.75) is 18.5 Å². The molecule has 3 heterocycles. The molecule has 6 nitrogen and oxygen atoms in total. The van der Waals surface area contributed by atoms with Gasteiger partial charge in [0.05, 0.1) is 16.8 Å². The van der Waals surface area contributed by atoms with Crippen LogP contribution in [0, 0.1) is 0 Å². The number of ether oxygens (including phenoxy) is 1. The Morgan fingerprint density at radius 3 is 3.44 bits per heavy atom. The summed E-state index contributed by atoms with van der Waals surface area (Å²) >= 11 is 0. The van der Waals surface area contributed by atoms with Gasteiger partial charge in [0.1, 0.15) is 11.4 Å². The SMILES string of the molecule is [2H]C([2H])([2H])OCC1(C)NC2=C3C=CN=C3NCC2NC1=O. The molecule has 96 valence electrons. The summed E-state index contributed by atoms with van der Waals surface area (Å²) in [5.74, 6) is 0.467. The first kappa shape index (κ1) is 8.31.